The summed E-state index contributed by atoms with van der Waals surface area (Å²) in [5.74, 6) is -1.44. The Labute approximate surface area is 188 Å². The third-order valence-electron chi connectivity index (χ3n) is 5.36. The Morgan fingerprint density at radius 3 is 2.55 bits per heavy atom. The van der Waals surface area contributed by atoms with E-state index >= 15 is 0 Å². The minimum atomic E-state index is -1.08. The molecule has 4 aromatic rings. The molecule has 9 heteroatoms. The van der Waals surface area contributed by atoms with Crippen LogP contribution in [0.2, 0.25) is 0 Å². The molecule has 0 saturated heterocycles. The summed E-state index contributed by atoms with van der Waals surface area (Å²) < 4.78 is 1.39. The Balaban J connectivity index is 1.71. The van der Waals surface area contributed by atoms with E-state index < -0.39 is 5.97 Å². The quantitative estimate of drug-likeness (QED) is 0.375. The van der Waals surface area contributed by atoms with Crippen LogP contribution in [0.5, 0.6) is 5.75 Å². The number of rotatable bonds is 5. The predicted molar refractivity (Wildman–Crippen MR) is 123 cm³/mol. The molecule has 0 fully saturated rings. The van der Waals surface area contributed by atoms with Crippen LogP contribution in [0, 0.1) is 20.8 Å². The van der Waals surface area contributed by atoms with Crippen LogP contribution >= 0.6 is 0 Å². The number of carboxylic acid groups (broad SMARTS) is 1. The summed E-state index contributed by atoms with van der Waals surface area (Å²) in [7, 11) is 0. The van der Waals surface area contributed by atoms with Gasteiger partial charge in [0.2, 0.25) is 5.82 Å². The second-order valence-electron chi connectivity index (χ2n) is 7.61. The summed E-state index contributed by atoms with van der Waals surface area (Å²) in [6.07, 6.45) is 1.42. The Kier molecular flexibility index (Phi) is 5.61. The molecule has 0 aliphatic heterocycles. The average molecular weight is 443 g/mol. The highest BCUT2D eigenvalue weighted by Gasteiger charge is 2.15. The molecule has 0 aliphatic carbocycles. The van der Waals surface area contributed by atoms with E-state index in [4.69, 9.17) is 0 Å². The molecule has 166 valence electrons. The van der Waals surface area contributed by atoms with Gasteiger partial charge in [0.25, 0.3) is 5.56 Å². The van der Waals surface area contributed by atoms with Crippen molar-refractivity contribution in [1.29, 1.82) is 0 Å². The van der Waals surface area contributed by atoms with Crippen molar-refractivity contribution in [2.24, 2.45) is 10.2 Å². The fourth-order valence-corrected chi connectivity index (χ4v) is 3.37. The van der Waals surface area contributed by atoms with E-state index in [0.29, 0.717) is 22.5 Å². The number of hydrogen-bond acceptors (Lipinski definition) is 6. The Morgan fingerprint density at radius 2 is 1.82 bits per heavy atom. The zero-order valence-corrected chi connectivity index (χ0v) is 18.2. The number of azo groups is 1. The molecule has 0 atom stereocenters. The van der Waals surface area contributed by atoms with Gasteiger partial charge in [0.05, 0.1) is 16.9 Å². The van der Waals surface area contributed by atoms with Gasteiger partial charge >= 0.3 is 5.97 Å². The van der Waals surface area contributed by atoms with Crippen LogP contribution < -0.4 is 5.56 Å². The molecule has 2 aromatic carbocycles. The molecule has 3 N–H and O–H groups in total. The predicted octanol–water partition coefficient (Wildman–Crippen LogP) is 4.97. The summed E-state index contributed by atoms with van der Waals surface area (Å²) in [5, 5.41) is 30.9. The van der Waals surface area contributed by atoms with Crippen molar-refractivity contribution in [3.05, 3.63) is 87.5 Å². The molecule has 0 spiro atoms. The highest BCUT2D eigenvalue weighted by atomic mass is 16.4. The summed E-state index contributed by atoms with van der Waals surface area (Å²) in [5.41, 5.74) is 3.97. The summed E-state index contributed by atoms with van der Waals surface area (Å²) in [4.78, 5) is 28.2. The lowest BCUT2D eigenvalue weighted by Crippen LogP contribution is -2.14. The third kappa shape index (κ3) is 4.16. The number of carboxylic acids is 1. The molecule has 0 amide bonds. The fraction of sp³-hybridized carbons (Fsp3) is 0.125. The molecule has 4 rings (SSSR count). The number of aromatic nitrogens is 3. The van der Waals surface area contributed by atoms with Crippen LogP contribution in [0.3, 0.4) is 0 Å². The van der Waals surface area contributed by atoms with Crippen LogP contribution in [0.1, 0.15) is 27.2 Å². The van der Waals surface area contributed by atoms with E-state index in [2.05, 4.69) is 20.3 Å². The van der Waals surface area contributed by atoms with E-state index in [1.54, 1.807) is 25.1 Å². The molecule has 33 heavy (non-hydrogen) atoms. The van der Waals surface area contributed by atoms with Gasteiger partial charge in [-0.25, -0.2) is 14.5 Å². The highest BCUT2D eigenvalue weighted by molar-refractivity contribution is 5.90. The molecule has 0 unspecified atom stereocenters. The zero-order chi connectivity index (χ0) is 23.7. The van der Waals surface area contributed by atoms with E-state index in [1.807, 2.05) is 32.0 Å². The monoisotopic (exact) mass is 443 g/mol. The Hall–Kier alpha value is -4.53. The van der Waals surface area contributed by atoms with Crippen LogP contribution in [0.15, 0.2) is 69.8 Å². The van der Waals surface area contributed by atoms with Gasteiger partial charge < -0.3 is 10.2 Å². The van der Waals surface area contributed by atoms with Crippen molar-refractivity contribution < 1.29 is 15.0 Å². The number of aryl methyl sites for hydroxylation is 3. The molecule has 0 radical (unpaired) electrons. The maximum atomic E-state index is 12.9. The standard InChI is InChI=1S/C24H21N5O4/c1-13-7-8-18(11-14(13)2)29-23(31)20(15(3)28-29)26-27-22-21(30)19(9-10-25-22)16-5-4-6-17(12-16)24(32)33/h4-12,28,30H,1-3H3,(H,32,33). The van der Waals surface area contributed by atoms with Crippen LogP contribution in [0.4, 0.5) is 11.5 Å². The van der Waals surface area contributed by atoms with E-state index in [9.17, 15) is 19.8 Å². The number of aromatic carboxylic acids is 1. The third-order valence-corrected chi connectivity index (χ3v) is 5.36. The second-order valence-corrected chi connectivity index (χ2v) is 7.61. The molecule has 2 aromatic heterocycles. The van der Waals surface area contributed by atoms with Gasteiger partial charge in [-0.1, -0.05) is 18.2 Å². The van der Waals surface area contributed by atoms with Crippen LogP contribution in [-0.4, -0.2) is 30.9 Å². The number of nitrogens with one attached hydrogen (secondary N) is 1. The first kappa shape index (κ1) is 21.7. The van der Waals surface area contributed by atoms with E-state index in [-0.39, 0.29) is 28.4 Å². The molecule has 0 bridgehead atoms. The summed E-state index contributed by atoms with van der Waals surface area (Å²) in [6.45, 7) is 5.66. The van der Waals surface area contributed by atoms with E-state index in [1.165, 1.54) is 23.0 Å². The van der Waals surface area contributed by atoms with Gasteiger partial charge in [-0.15, -0.1) is 10.2 Å². The lowest BCUT2D eigenvalue weighted by molar-refractivity contribution is 0.0697. The lowest BCUT2D eigenvalue weighted by atomic mass is 10.0. The maximum absolute atomic E-state index is 12.9. The molecular formula is C24H21N5O4. The van der Waals surface area contributed by atoms with E-state index in [0.717, 1.165) is 11.1 Å². The first-order valence-corrected chi connectivity index (χ1v) is 10.1. The van der Waals surface area contributed by atoms with Gasteiger partial charge in [0.1, 0.15) is 0 Å². The highest BCUT2D eigenvalue weighted by Crippen LogP contribution is 2.36. The Morgan fingerprint density at radius 1 is 1.03 bits per heavy atom. The fourth-order valence-electron chi connectivity index (χ4n) is 3.37. The van der Waals surface area contributed by atoms with Gasteiger partial charge in [-0.2, -0.15) is 0 Å². The van der Waals surface area contributed by atoms with Crippen molar-refractivity contribution in [2.45, 2.75) is 20.8 Å². The Bertz CT molecular complexity index is 1470. The second kappa shape index (κ2) is 8.54. The first-order valence-electron chi connectivity index (χ1n) is 10.1. The van der Waals surface area contributed by atoms with Gasteiger partial charge in [0, 0.05) is 11.8 Å². The van der Waals surface area contributed by atoms with Gasteiger partial charge in [-0.3, -0.25) is 9.89 Å². The number of aromatic amines is 1. The molecular weight excluding hydrogens is 422 g/mol. The van der Waals surface area contributed by atoms with Gasteiger partial charge in [0.15, 0.2) is 11.4 Å². The number of carbonyl (C=O) groups is 1. The number of aromatic hydroxyl groups is 1. The molecule has 9 nitrogen and oxygen atoms in total. The topological polar surface area (TPSA) is 133 Å². The smallest absolute Gasteiger partial charge is 0.335 e. The summed E-state index contributed by atoms with van der Waals surface area (Å²) >= 11 is 0. The minimum Gasteiger partial charge on any atom is -0.504 e. The molecule has 0 saturated carbocycles. The normalized spacial score (nSPS) is 11.2. The van der Waals surface area contributed by atoms with Crippen molar-refractivity contribution in [3.8, 4) is 22.6 Å². The summed E-state index contributed by atoms with van der Waals surface area (Å²) in [6, 6.07) is 13.4. The van der Waals surface area contributed by atoms with Crippen LogP contribution in [-0.2, 0) is 0 Å². The van der Waals surface area contributed by atoms with Crippen LogP contribution in [0.25, 0.3) is 16.8 Å². The number of pyridine rings is 1. The number of nitrogens with zero attached hydrogens (tertiary/aromatic N) is 4. The van der Waals surface area contributed by atoms with Gasteiger partial charge in [-0.05, 0) is 67.8 Å². The molecule has 2 heterocycles. The largest absolute Gasteiger partial charge is 0.504 e. The number of hydrogen-bond donors (Lipinski definition) is 3. The maximum Gasteiger partial charge on any atom is 0.335 e. The molecule has 0 aliphatic rings. The van der Waals surface area contributed by atoms with Crippen molar-refractivity contribution in [2.75, 3.05) is 0 Å². The zero-order valence-electron chi connectivity index (χ0n) is 18.2. The number of H-pyrrole nitrogens is 1. The van der Waals surface area contributed by atoms with Crippen molar-refractivity contribution in [1.82, 2.24) is 14.8 Å². The van der Waals surface area contributed by atoms with Crippen molar-refractivity contribution in [3.63, 3.8) is 0 Å². The lowest BCUT2D eigenvalue weighted by Gasteiger charge is -2.06. The SMILES string of the molecule is Cc1ccc(-n2[nH]c(C)c(N=Nc3nccc(-c4cccc(C(=O)O)c4)c3O)c2=O)cc1C. The number of benzene rings is 2. The van der Waals surface area contributed by atoms with Crippen molar-refractivity contribution >= 4 is 17.5 Å². The average Bonchev–Trinajstić information content (AvgIpc) is 3.08. The first-order chi connectivity index (χ1) is 15.8. The minimum absolute atomic E-state index is 0.0849.